The Balaban J connectivity index is 2.11. The Hall–Kier alpha value is -1.77. The number of benzene rings is 1. The molecule has 3 nitrogen and oxygen atoms in total. The summed E-state index contributed by atoms with van der Waals surface area (Å²) in [6.07, 6.45) is 6.45. The largest absolute Gasteiger partial charge is 0.504 e. The summed E-state index contributed by atoms with van der Waals surface area (Å²) in [4.78, 5) is 13.9. The topological polar surface area (TPSA) is 35.5 Å². The maximum Gasteiger partial charge on any atom is 0.167 e. The molecule has 0 bridgehead atoms. The third-order valence-electron chi connectivity index (χ3n) is 7.63. The molecule has 0 aromatic heterocycles. The molecule has 1 aromatic rings. The molecule has 154 valence electrons. The molecular formula is C25H36O3. The minimum absolute atomic E-state index is 0.000310. The first kappa shape index (κ1) is 21.0. The average Bonchev–Trinajstić information content (AvgIpc) is 2.62. The minimum Gasteiger partial charge on any atom is -0.504 e. The highest BCUT2D eigenvalue weighted by atomic mass is 16.5. The van der Waals surface area contributed by atoms with Gasteiger partial charge in [-0.3, -0.25) is 4.79 Å². The number of hydrogen-bond acceptors (Lipinski definition) is 3. The van der Waals surface area contributed by atoms with Crippen molar-refractivity contribution in [1.29, 1.82) is 0 Å². The molecule has 2 aliphatic carbocycles. The molecule has 2 saturated carbocycles. The standard InChI is InChI=1S/C25H36O3/c1-16-11-18(13-20(12-16)28-7)23(26)22-17(2)19(15-27-6)14-21-24(3,4)9-8-10-25(21,22)5/h11-13,15,17,21-22H,8-10,14H2,1-7H3/t17?,21-,22+,25+/m0/s1. The predicted octanol–water partition coefficient (Wildman–Crippen LogP) is 6.21. The van der Waals surface area contributed by atoms with Crippen LogP contribution in [0.3, 0.4) is 0 Å². The van der Waals surface area contributed by atoms with E-state index in [0.717, 1.165) is 29.7 Å². The zero-order valence-corrected chi connectivity index (χ0v) is 18.6. The number of carbonyl (C=O) groups is 1. The van der Waals surface area contributed by atoms with Crippen molar-refractivity contribution in [2.75, 3.05) is 14.2 Å². The van der Waals surface area contributed by atoms with Crippen LogP contribution < -0.4 is 4.74 Å². The van der Waals surface area contributed by atoms with Gasteiger partial charge in [-0.25, -0.2) is 0 Å². The first-order chi connectivity index (χ1) is 13.1. The summed E-state index contributed by atoms with van der Waals surface area (Å²) in [5.41, 5.74) is 3.33. The van der Waals surface area contributed by atoms with Crippen LogP contribution in [-0.2, 0) is 4.74 Å². The van der Waals surface area contributed by atoms with Crippen LogP contribution in [0.15, 0.2) is 30.0 Å². The number of methoxy groups -OCH3 is 2. The van der Waals surface area contributed by atoms with Crippen molar-refractivity contribution in [3.63, 3.8) is 0 Å². The molecule has 1 aromatic carbocycles. The van der Waals surface area contributed by atoms with Crippen molar-refractivity contribution in [1.82, 2.24) is 0 Å². The number of aryl methyl sites for hydroxylation is 1. The summed E-state index contributed by atoms with van der Waals surface area (Å²) in [6, 6.07) is 5.90. The van der Waals surface area contributed by atoms with Crippen molar-refractivity contribution >= 4 is 5.78 Å². The van der Waals surface area contributed by atoms with E-state index < -0.39 is 0 Å². The zero-order valence-electron chi connectivity index (χ0n) is 18.6. The fourth-order valence-electron chi connectivity index (χ4n) is 6.28. The van der Waals surface area contributed by atoms with Crippen LogP contribution in [0, 0.1) is 35.5 Å². The van der Waals surface area contributed by atoms with Gasteiger partial charge in [-0.05, 0) is 78.2 Å². The van der Waals surface area contributed by atoms with Crippen LogP contribution in [0.25, 0.3) is 0 Å². The van der Waals surface area contributed by atoms with Gasteiger partial charge in [-0.1, -0.05) is 34.1 Å². The summed E-state index contributed by atoms with van der Waals surface area (Å²) in [5, 5.41) is 0. The van der Waals surface area contributed by atoms with Crippen molar-refractivity contribution in [2.45, 2.75) is 60.3 Å². The molecule has 3 rings (SSSR count). The number of rotatable bonds is 4. The van der Waals surface area contributed by atoms with E-state index in [2.05, 4.69) is 27.7 Å². The van der Waals surface area contributed by atoms with Crippen LogP contribution in [-0.4, -0.2) is 20.0 Å². The molecule has 0 spiro atoms. The lowest BCUT2D eigenvalue weighted by Gasteiger charge is -2.59. The molecule has 3 heteroatoms. The fourth-order valence-corrected chi connectivity index (χ4v) is 6.28. The van der Waals surface area contributed by atoms with Gasteiger partial charge in [0.25, 0.3) is 0 Å². The van der Waals surface area contributed by atoms with Crippen LogP contribution in [0.4, 0.5) is 0 Å². The maximum absolute atomic E-state index is 13.9. The van der Waals surface area contributed by atoms with Gasteiger partial charge in [0, 0.05) is 11.5 Å². The van der Waals surface area contributed by atoms with E-state index in [1.54, 1.807) is 14.2 Å². The number of allylic oxidation sites excluding steroid dienone is 1. The van der Waals surface area contributed by atoms with Crippen molar-refractivity contribution in [3.8, 4) is 5.75 Å². The molecule has 28 heavy (non-hydrogen) atoms. The van der Waals surface area contributed by atoms with E-state index in [1.165, 1.54) is 18.4 Å². The van der Waals surface area contributed by atoms with Gasteiger partial charge in [0.2, 0.25) is 0 Å². The van der Waals surface area contributed by atoms with E-state index >= 15 is 0 Å². The Morgan fingerprint density at radius 3 is 2.50 bits per heavy atom. The molecule has 2 aliphatic rings. The quantitative estimate of drug-likeness (QED) is 0.457. The summed E-state index contributed by atoms with van der Waals surface area (Å²) < 4.78 is 10.9. The molecule has 0 aliphatic heterocycles. The van der Waals surface area contributed by atoms with Crippen LogP contribution in [0.2, 0.25) is 0 Å². The zero-order chi connectivity index (χ0) is 20.7. The molecule has 0 amide bonds. The van der Waals surface area contributed by atoms with Crippen LogP contribution in [0.5, 0.6) is 5.75 Å². The average molecular weight is 385 g/mol. The molecule has 1 unspecified atom stereocenters. The van der Waals surface area contributed by atoms with Crippen molar-refractivity contribution in [3.05, 3.63) is 41.2 Å². The van der Waals surface area contributed by atoms with Crippen molar-refractivity contribution < 1.29 is 14.3 Å². The lowest BCUT2D eigenvalue weighted by Crippen LogP contribution is -2.54. The smallest absolute Gasteiger partial charge is 0.167 e. The third kappa shape index (κ3) is 3.49. The summed E-state index contributed by atoms with van der Waals surface area (Å²) in [7, 11) is 3.37. The predicted molar refractivity (Wildman–Crippen MR) is 114 cm³/mol. The first-order valence-electron chi connectivity index (χ1n) is 10.6. The second-order valence-corrected chi connectivity index (χ2v) is 9.90. The second kappa shape index (κ2) is 7.57. The number of ketones is 1. The number of ether oxygens (including phenoxy) is 2. The Morgan fingerprint density at radius 1 is 1.14 bits per heavy atom. The van der Waals surface area contributed by atoms with Crippen molar-refractivity contribution in [2.24, 2.45) is 28.6 Å². The van der Waals surface area contributed by atoms with E-state index in [4.69, 9.17) is 9.47 Å². The van der Waals surface area contributed by atoms with Crippen LogP contribution >= 0.6 is 0 Å². The Labute approximate surface area is 170 Å². The van der Waals surface area contributed by atoms with Crippen LogP contribution in [0.1, 0.15) is 69.3 Å². The summed E-state index contributed by atoms with van der Waals surface area (Å²) in [5.74, 6) is 1.62. The number of Topliss-reactive ketones (excluding diaryl/α,β-unsaturated/α-hetero) is 1. The molecule has 0 saturated heterocycles. The fraction of sp³-hybridized carbons (Fsp3) is 0.640. The van der Waals surface area contributed by atoms with E-state index in [-0.39, 0.29) is 28.4 Å². The molecular weight excluding hydrogens is 348 g/mol. The highest BCUT2D eigenvalue weighted by Gasteiger charge is 2.57. The van der Waals surface area contributed by atoms with E-state index in [1.807, 2.05) is 31.4 Å². The molecule has 0 heterocycles. The molecule has 4 atom stereocenters. The Bertz CT molecular complexity index is 776. The minimum atomic E-state index is -0.0428. The van der Waals surface area contributed by atoms with Gasteiger partial charge in [0.05, 0.1) is 20.5 Å². The molecule has 2 fully saturated rings. The highest BCUT2D eigenvalue weighted by molar-refractivity contribution is 5.99. The maximum atomic E-state index is 13.9. The Morgan fingerprint density at radius 2 is 1.86 bits per heavy atom. The molecule has 0 radical (unpaired) electrons. The van der Waals surface area contributed by atoms with Gasteiger partial charge in [-0.15, -0.1) is 0 Å². The van der Waals surface area contributed by atoms with Gasteiger partial charge >= 0.3 is 0 Å². The number of fused-ring (bicyclic) bond motifs is 1. The van der Waals surface area contributed by atoms with E-state index in [9.17, 15) is 4.79 Å². The number of carbonyl (C=O) groups excluding carboxylic acids is 1. The SMILES string of the molecule is COC=C1C[C@H]2C(C)(C)CCC[C@@]2(C)[C@@H](C(=O)c2cc(C)cc(OC)c2)C1C. The summed E-state index contributed by atoms with van der Waals surface area (Å²) >= 11 is 0. The Kier molecular flexibility index (Phi) is 5.67. The highest BCUT2D eigenvalue weighted by Crippen LogP contribution is 2.62. The second-order valence-electron chi connectivity index (χ2n) is 9.90. The van der Waals surface area contributed by atoms with Gasteiger partial charge < -0.3 is 9.47 Å². The lowest BCUT2D eigenvalue weighted by atomic mass is 9.45. The molecule has 0 N–H and O–H groups in total. The monoisotopic (exact) mass is 384 g/mol. The van der Waals surface area contributed by atoms with Gasteiger partial charge in [0.1, 0.15) is 5.75 Å². The summed E-state index contributed by atoms with van der Waals surface area (Å²) in [6.45, 7) is 11.4. The number of hydrogen-bond donors (Lipinski definition) is 0. The first-order valence-corrected chi connectivity index (χ1v) is 10.6. The van der Waals surface area contributed by atoms with Gasteiger partial charge in [-0.2, -0.15) is 0 Å². The van der Waals surface area contributed by atoms with Gasteiger partial charge in [0.15, 0.2) is 5.78 Å². The normalized spacial score (nSPS) is 33.2. The lowest BCUT2D eigenvalue weighted by molar-refractivity contribution is -0.0624. The van der Waals surface area contributed by atoms with E-state index in [0.29, 0.717) is 5.92 Å². The third-order valence-corrected chi connectivity index (χ3v) is 7.63.